The summed E-state index contributed by atoms with van der Waals surface area (Å²) in [6.07, 6.45) is -0.00648. The summed E-state index contributed by atoms with van der Waals surface area (Å²) in [7, 11) is 2.07. The lowest BCUT2D eigenvalue weighted by atomic mass is 10.2. The van der Waals surface area contributed by atoms with E-state index >= 15 is 0 Å². The van der Waals surface area contributed by atoms with Crippen molar-refractivity contribution in [3.63, 3.8) is 0 Å². The molecule has 0 bridgehead atoms. The molecule has 1 atom stereocenters. The molecule has 3 rings (SSSR count). The molecule has 0 saturated heterocycles. The van der Waals surface area contributed by atoms with Crippen molar-refractivity contribution in [2.75, 3.05) is 11.9 Å². The van der Waals surface area contributed by atoms with E-state index in [1.54, 1.807) is 0 Å². The number of anilines is 1. The zero-order valence-corrected chi connectivity index (χ0v) is 12.1. The molecular formula is C17H21NO. The van der Waals surface area contributed by atoms with Gasteiger partial charge in [0.15, 0.2) is 6.23 Å². The molecule has 1 unspecified atom stereocenters. The Morgan fingerprint density at radius 1 is 1.00 bits per heavy atom. The van der Waals surface area contributed by atoms with E-state index in [0.29, 0.717) is 0 Å². The Hall–Kier alpha value is -1.96. The number of aryl methyl sites for hydroxylation is 1. The van der Waals surface area contributed by atoms with Gasteiger partial charge in [-0.25, -0.2) is 0 Å². The smallest absolute Gasteiger partial charge is 0.198 e. The molecule has 0 spiro atoms. The van der Waals surface area contributed by atoms with Crippen molar-refractivity contribution in [2.45, 2.75) is 27.0 Å². The minimum absolute atomic E-state index is 0.00648. The lowest BCUT2D eigenvalue weighted by molar-refractivity contribution is 0.235. The molecule has 0 N–H and O–H groups in total. The summed E-state index contributed by atoms with van der Waals surface area (Å²) in [4.78, 5) is 2.18. The first-order chi connectivity index (χ1) is 9.25. The summed E-state index contributed by atoms with van der Waals surface area (Å²) >= 11 is 0. The maximum atomic E-state index is 5.99. The second-order valence-electron chi connectivity index (χ2n) is 4.46. The van der Waals surface area contributed by atoms with Gasteiger partial charge in [0.25, 0.3) is 0 Å². The fourth-order valence-corrected chi connectivity index (χ4v) is 2.24. The third-order valence-electron chi connectivity index (χ3n) is 3.17. The molecule has 0 aliphatic carbocycles. The Morgan fingerprint density at radius 3 is 2.37 bits per heavy atom. The lowest BCUT2D eigenvalue weighted by Gasteiger charge is -2.20. The average molecular weight is 255 g/mol. The van der Waals surface area contributed by atoms with Crippen LogP contribution < -0.4 is 9.64 Å². The van der Waals surface area contributed by atoms with Gasteiger partial charge in [0.05, 0.1) is 5.69 Å². The van der Waals surface area contributed by atoms with E-state index in [4.69, 9.17) is 4.74 Å². The van der Waals surface area contributed by atoms with Crippen LogP contribution in [0.5, 0.6) is 5.75 Å². The molecule has 2 aromatic carbocycles. The van der Waals surface area contributed by atoms with E-state index < -0.39 is 0 Å². The van der Waals surface area contributed by atoms with Crippen molar-refractivity contribution in [2.24, 2.45) is 0 Å². The minimum Gasteiger partial charge on any atom is -0.464 e. The van der Waals surface area contributed by atoms with Crippen LogP contribution in [-0.4, -0.2) is 7.05 Å². The Kier molecular flexibility index (Phi) is 4.10. The zero-order chi connectivity index (χ0) is 13.8. The van der Waals surface area contributed by atoms with Crippen molar-refractivity contribution in [3.8, 4) is 5.75 Å². The Bertz CT molecular complexity index is 536. The first kappa shape index (κ1) is 13.5. The zero-order valence-electron chi connectivity index (χ0n) is 12.1. The highest BCUT2D eigenvalue weighted by Crippen LogP contribution is 2.42. The van der Waals surface area contributed by atoms with E-state index in [0.717, 1.165) is 5.75 Å². The van der Waals surface area contributed by atoms with Gasteiger partial charge in [-0.3, -0.25) is 0 Å². The van der Waals surface area contributed by atoms with Crippen LogP contribution in [0.3, 0.4) is 0 Å². The number of hydrogen-bond acceptors (Lipinski definition) is 2. The second-order valence-corrected chi connectivity index (χ2v) is 4.46. The number of hydrogen-bond donors (Lipinski definition) is 0. The van der Waals surface area contributed by atoms with Gasteiger partial charge < -0.3 is 9.64 Å². The van der Waals surface area contributed by atoms with Crippen LogP contribution in [-0.2, 0) is 0 Å². The molecule has 0 fully saturated rings. The first-order valence-electron chi connectivity index (χ1n) is 6.81. The highest BCUT2D eigenvalue weighted by atomic mass is 16.5. The molecule has 0 aromatic heterocycles. The molecule has 0 amide bonds. The van der Waals surface area contributed by atoms with Crippen molar-refractivity contribution < 1.29 is 4.74 Å². The first-order valence-corrected chi connectivity index (χ1v) is 6.81. The standard InChI is InChI=1S/C15H15NO.C2H6/c1-11-8-9-14-13(10-11)16(2)15(17-14)12-6-4-3-5-7-12;1-2/h3-10,15H,1-2H3;1-2H3. The molecule has 1 aliphatic rings. The van der Waals surface area contributed by atoms with Gasteiger partial charge in [-0.1, -0.05) is 50.2 Å². The molecule has 19 heavy (non-hydrogen) atoms. The van der Waals surface area contributed by atoms with Gasteiger partial charge >= 0.3 is 0 Å². The van der Waals surface area contributed by atoms with E-state index in [9.17, 15) is 0 Å². The van der Waals surface area contributed by atoms with Crippen molar-refractivity contribution in [1.82, 2.24) is 0 Å². The highest BCUT2D eigenvalue weighted by Gasteiger charge is 2.28. The van der Waals surface area contributed by atoms with Crippen molar-refractivity contribution >= 4 is 5.69 Å². The van der Waals surface area contributed by atoms with Crippen LogP contribution in [0.2, 0.25) is 0 Å². The molecule has 1 aliphatic heterocycles. The van der Waals surface area contributed by atoms with E-state index in [2.05, 4.69) is 43.1 Å². The van der Waals surface area contributed by atoms with E-state index in [1.807, 2.05) is 38.1 Å². The van der Waals surface area contributed by atoms with Gasteiger partial charge in [0.1, 0.15) is 5.75 Å². The molecule has 2 aromatic rings. The largest absolute Gasteiger partial charge is 0.464 e. The summed E-state index contributed by atoms with van der Waals surface area (Å²) in [5.74, 6) is 0.965. The van der Waals surface area contributed by atoms with Crippen LogP contribution in [0.1, 0.15) is 31.2 Å². The number of ether oxygens (including phenoxy) is 1. The molecular weight excluding hydrogens is 234 g/mol. The predicted octanol–water partition coefficient (Wildman–Crippen LogP) is 4.55. The summed E-state index contributed by atoms with van der Waals surface area (Å²) in [5, 5.41) is 0. The van der Waals surface area contributed by atoms with Gasteiger partial charge in [-0.2, -0.15) is 0 Å². The number of rotatable bonds is 1. The monoisotopic (exact) mass is 255 g/mol. The molecule has 1 heterocycles. The SMILES string of the molecule is CC.Cc1ccc2c(c1)N(C)C(c1ccccc1)O2. The summed E-state index contributed by atoms with van der Waals surface area (Å²) in [6, 6.07) is 16.6. The number of fused-ring (bicyclic) bond motifs is 1. The number of benzene rings is 2. The van der Waals surface area contributed by atoms with Crippen LogP contribution in [0.15, 0.2) is 48.5 Å². The summed E-state index contributed by atoms with van der Waals surface area (Å²) in [5.41, 5.74) is 3.61. The molecule has 2 nitrogen and oxygen atoms in total. The maximum absolute atomic E-state index is 5.99. The molecule has 0 radical (unpaired) electrons. The second kappa shape index (κ2) is 5.79. The molecule has 100 valence electrons. The molecule has 0 saturated carbocycles. The van der Waals surface area contributed by atoms with Gasteiger partial charge in [0.2, 0.25) is 0 Å². The van der Waals surface area contributed by atoms with Gasteiger partial charge in [0, 0.05) is 12.6 Å². The maximum Gasteiger partial charge on any atom is 0.198 e. The Labute approximate surface area is 115 Å². The topological polar surface area (TPSA) is 12.5 Å². The van der Waals surface area contributed by atoms with Crippen molar-refractivity contribution in [1.29, 1.82) is 0 Å². The van der Waals surface area contributed by atoms with Crippen molar-refractivity contribution in [3.05, 3.63) is 59.7 Å². The minimum atomic E-state index is -0.00648. The van der Waals surface area contributed by atoms with Gasteiger partial charge in [-0.05, 0) is 24.6 Å². The van der Waals surface area contributed by atoms with E-state index in [-0.39, 0.29) is 6.23 Å². The third-order valence-corrected chi connectivity index (χ3v) is 3.17. The lowest BCUT2D eigenvalue weighted by Crippen LogP contribution is -2.22. The number of nitrogens with zero attached hydrogens (tertiary/aromatic N) is 1. The van der Waals surface area contributed by atoms with Crippen LogP contribution in [0, 0.1) is 6.92 Å². The van der Waals surface area contributed by atoms with Crippen LogP contribution >= 0.6 is 0 Å². The highest BCUT2D eigenvalue weighted by molar-refractivity contribution is 5.63. The molecule has 2 heteroatoms. The summed E-state index contributed by atoms with van der Waals surface area (Å²) < 4.78 is 5.99. The van der Waals surface area contributed by atoms with E-state index in [1.165, 1.54) is 16.8 Å². The quantitative estimate of drug-likeness (QED) is 0.741. The van der Waals surface area contributed by atoms with Gasteiger partial charge in [-0.15, -0.1) is 0 Å². The average Bonchev–Trinajstić information content (AvgIpc) is 2.79. The van der Waals surface area contributed by atoms with Crippen LogP contribution in [0.4, 0.5) is 5.69 Å². The Morgan fingerprint density at radius 2 is 1.68 bits per heavy atom. The summed E-state index contributed by atoms with van der Waals surface area (Å²) in [6.45, 7) is 6.10. The predicted molar refractivity (Wildman–Crippen MR) is 80.7 cm³/mol. The Balaban J connectivity index is 0.000000637. The third kappa shape index (κ3) is 2.58. The fraction of sp³-hybridized carbons (Fsp3) is 0.294. The fourth-order valence-electron chi connectivity index (χ4n) is 2.24. The normalized spacial score (nSPS) is 16.2. The van der Waals surface area contributed by atoms with Crippen LogP contribution in [0.25, 0.3) is 0 Å².